The molecule has 0 saturated carbocycles. The van der Waals surface area contributed by atoms with Crippen molar-refractivity contribution in [3.05, 3.63) is 11.1 Å². The molecule has 0 unspecified atom stereocenters. The minimum atomic E-state index is -0.841. The van der Waals surface area contributed by atoms with Crippen LogP contribution in [0.5, 0.6) is 0 Å². The number of hydrogen-bond donors (Lipinski definition) is 1. The van der Waals surface area contributed by atoms with Gasteiger partial charge in [0.25, 0.3) is 0 Å². The highest BCUT2D eigenvalue weighted by Gasteiger charge is 2.02. The number of carboxylic acid groups (broad SMARTS) is 1. The van der Waals surface area contributed by atoms with E-state index in [1.807, 2.05) is 0 Å². The van der Waals surface area contributed by atoms with Crippen LogP contribution >= 0.6 is 15.9 Å². The molecule has 0 aliphatic carbocycles. The normalized spacial score (nSPS) is 12.8. The van der Waals surface area contributed by atoms with Crippen LogP contribution in [0.3, 0.4) is 0 Å². The maximum absolute atomic E-state index is 10.2. The molecule has 52 valence electrons. The van der Waals surface area contributed by atoms with Crippen LogP contribution in [0.1, 0.15) is 13.8 Å². The Labute approximate surface area is 62.7 Å². The Morgan fingerprint density at radius 3 is 2.11 bits per heavy atom. The highest BCUT2D eigenvalue weighted by molar-refractivity contribution is 9.09. The monoisotopic (exact) mass is 192 g/mol. The number of hydrogen-bond acceptors (Lipinski definition) is 1. The molecule has 0 aliphatic rings. The molecule has 0 atom stereocenters. The third-order valence-electron chi connectivity index (χ3n) is 1.16. The van der Waals surface area contributed by atoms with E-state index in [-0.39, 0.29) is 0 Å². The minimum Gasteiger partial charge on any atom is -0.478 e. The molecule has 0 fully saturated rings. The van der Waals surface area contributed by atoms with Gasteiger partial charge in [-0.3, -0.25) is 0 Å². The number of carbonyl (C=O) groups is 1. The predicted octanol–water partition coefficient (Wildman–Crippen LogP) is 1.80. The van der Waals surface area contributed by atoms with E-state index in [0.717, 1.165) is 5.57 Å². The Kier molecular flexibility index (Phi) is 3.54. The Balaban J connectivity index is 4.28. The predicted molar refractivity (Wildman–Crippen MR) is 39.8 cm³/mol. The molecule has 0 spiro atoms. The molecule has 0 amide bonds. The molecule has 3 heteroatoms. The van der Waals surface area contributed by atoms with Gasteiger partial charge in [0.2, 0.25) is 0 Å². The number of halogens is 1. The van der Waals surface area contributed by atoms with Crippen molar-refractivity contribution in [1.29, 1.82) is 0 Å². The van der Waals surface area contributed by atoms with Gasteiger partial charge in [-0.2, -0.15) is 0 Å². The molecule has 0 aromatic rings. The Morgan fingerprint density at radius 1 is 1.56 bits per heavy atom. The lowest BCUT2D eigenvalue weighted by molar-refractivity contribution is -0.132. The van der Waals surface area contributed by atoms with Crippen molar-refractivity contribution in [3.63, 3.8) is 0 Å². The fraction of sp³-hybridized carbons (Fsp3) is 0.500. The second-order valence-electron chi connectivity index (χ2n) is 1.84. The van der Waals surface area contributed by atoms with Crippen LogP contribution in [0.2, 0.25) is 0 Å². The first-order valence-electron chi connectivity index (χ1n) is 2.55. The second-order valence-corrected chi connectivity index (χ2v) is 2.40. The molecule has 9 heavy (non-hydrogen) atoms. The van der Waals surface area contributed by atoms with E-state index in [4.69, 9.17) is 5.11 Å². The number of allylic oxidation sites excluding steroid dienone is 1. The van der Waals surface area contributed by atoms with Crippen LogP contribution in [0.15, 0.2) is 11.1 Å². The van der Waals surface area contributed by atoms with Crippen LogP contribution < -0.4 is 0 Å². The van der Waals surface area contributed by atoms with Gasteiger partial charge in [0, 0.05) is 10.9 Å². The summed E-state index contributed by atoms with van der Waals surface area (Å²) >= 11 is 3.16. The Morgan fingerprint density at radius 2 is 2.00 bits per heavy atom. The summed E-state index contributed by atoms with van der Waals surface area (Å²) in [4.78, 5) is 10.2. The molecular formula is C6H9BrO2. The summed E-state index contributed by atoms with van der Waals surface area (Å²) in [7, 11) is 0. The van der Waals surface area contributed by atoms with Gasteiger partial charge in [-0.1, -0.05) is 21.5 Å². The molecule has 0 aromatic heterocycles. The van der Waals surface area contributed by atoms with Crippen LogP contribution in [0.4, 0.5) is 0 Å². The summed E-state index contributed by atoms with van der Waals surface area (Å²) in [6, 6.07) is 0. The van der Waals surface area contributed by atoms with Gasteiger partial charge in [-0.15, -0.1) is 0 Å². The zero-order valence-electron chi connectivity index (χ0n) is 5.44. The highest BCUT2D eigenvalue weighted by Crippen LogP contribution is 2.05. The summed E-state index contributed by atoms with van der Waals surface area (Å²) in [5.41, 5.74) is 1.29. The molecule has 0 bridgehead atoms. The van der Waals surface area contributed by atoms with Crippen LogP contribution in [0.25, 0.3) is 0 Å². The van der Waals surface area contributed by atoms with E-state index in [1.165, 1.54) is 0 Å². The SMILES string of the molecule is C/C(CBr)=C(/C)C(=O)O. The van der Waals surface area contributed by atoms with Crippen LogP contribution in [-0.4, -0.2) is 16.4 Å². The zero-order chi connectivity index (χ0) is 7.44. The second kappa shape index (κ2) is 3.67. The van der Waals surface area contributed by atoms with E-state index in [1.54, 1.807) is 13.8 Å². The summed E-state index contributed by atoms with van der Waals surface area (Å²) in [5.74, 6) is -0.841. The standard InChI is InChI=1S/C6H9BrO2/c1-4(3-7)5(2)6(8)9/h3H2,1-2H3,(H,8,9)/b5-4+. The van der Waals surface area contributed by atoms with Crippen molar-refractivity contribution in [2.24, 2.45) is 0 Å². The minimum absolute atomic E-state index is 0.423. The lowest BCUT2D eigenvalue weighted by Gasteiger charge is -1.96. The van der Waals surface area contributed by atoms with E-state index in [0.29, 0.717) is 10.9 Å². The van der Waals surface area contributed by atoms with Crippen molar-refractivity contribution in [3.8, 4) is 0 Å². The molecule has 2 nitrogen and oxygen atoms in total. The number of alkyl halides is 1. The van der Waals surface area contributed by atoms with Crippen molar-refractivity contribution < 1.29 is 9.90 Å². The van der Waals surface area contributed by atoms with E-state index in [9.17, 15) is 4.79 Å². The molecule has 0 heterocycles. The van der Waals surface area contributed by atoms with Gasteiger partial charge >= 0.3 is 5.97 Å². The van der Waals surface area contributed by atoms with Gasteiger partial charge in [-0.05, 0) is 13.8 Å². The van der Waals surface area contributed by atoms with Crippen molar-refractivity contribution in [2.45, 2.75) is 13.8 Å². The first kappa shape index (κ1) is 8.69. The fourth-order valence-corrected chi connectivity index (χ4v) is 0.703. The number of carboxylic acids is 1. The van der Waals surface area contributed by atoms with Gasteiger partial charge in [-0.25, -0.2) is 4.79 Å². The van der Waals surface area contributed by atoms with Crippen molar-refractivity contribution in [2.75, 3.05) is 5.33 Å². The highest BCUT2D eigenvalue weighted by atomic mass is 79.9. The smallest absolute Gasteiger partial charge is 0.331 e. The van der Waals surface area contributed by atoms with Gasteiger partial charge in [0.05, 0.1) is 0 Å². The average Bonchev–Trinajstić information content (AvgIpc) is 1.84. The topological polar surface area (TPSA) is 37.3 Å². The summed E-state index contributed by atoms with van der Waals surface area (Å²) in [6.07, 6.45) is 0. The Hall–Kier alpha value is -0.310. The van der Waals surface area contributed by atoms with Gasteiger partial charge < -0.3 is 5.11 Å². The van der Waals surface area contributed by atoms with Crippen LogP contribution in [0, 0.1) is 0 Å². The molecular weight excluding hydrogens is 184 g/mol. The summed E-state index contributed by atoms with van der Waals surface area (Å²) in [6.45, 7) is 3.39. The largest absolute Gasteiger partial charge is 0.478 e. The maximum Gasteiger partial charge on any atom is 0.331 e. The zero-order valence-corrected chi connectivity index (χ0v) is 7.03. The van der Waals surface area contributed by atoms with Crippen molar-refractivity contribution in [1.82, 2.24) is 0 Å². The number of rotatable bonds is 2. The molecule has 0 radical (unpaired) electrons. The lowest BCUT2D eigenvalue weighted by atomic mass is 10.2. The molecule has 0 rings (SSSR count). The quantitative estimate of drug-likeness (QED) is 0.536. The van der Waals surface area contributed by atoms with E-state index < -0.39 is 5.97 Å². The number of aliphatic carboxylic acids is 1. The van der Waals surface area contributed by atoms with Gasteiger partial charge in [0.1, 0.15) is 0 Å². The molecule has 0 saturated heterocycles. The van der Waals surface area contributed by atoms with E-state index in [2.05, 4.69) is 15.9 Å². The summed E-state index contributed by atoms with van der Waals surface area (Å²) < 4.78 is 0. The maximum atomic E-state index is 10.2. The Bertz CT molecular complexity index is 149. The third-order valence-corrected chi connectivity index (χ3v) is 2.00. The van der Waals surface area contributed by atoms with Gasteiger partial charge in [0.15, 0.2) is 0 Å². The molecule has 0 aliphatic heterocycles. The first-order valence-corrected chi connectivity index (χ1v) is 3.67. The van der Waals surface area contributed by atoms with Crippen molar-refractivity contribution >= 4 is 21.9 Å². The average molecular weight is 193 g/mol. The third kappa shape index (κ3) is 2.65. The fourth-order valence-electron chi connectivity index (χ4n) is 0.283. The molecule has 0 aromatic carbocycles. The first-order chi connectivity index (χ1) is 4.09. The molecule has 1 N–H and O–H groups in total. The van der Waals surface area contributed by atoms with Crippen LogP contribution in [-0.2, 0) is 4.79 Å². The van der Waals surface area contributed by atoms with E-state index >= 15 is 0 Å². The lowest BCUT2D eigenvalue weighted by Crippen LogP contribution is -1.99. The summed E-state index contributed by atoms with van der Waals surface area (Å²) in [5, 5.41) is 9.03.